The summed E-state index contributed by atoms with van der Waals surface area (Å²) < 4.78 is 42.1. The van der Waals surface area contributed by atoms with Crippen LogP contribution >= 0.6 is 11.3 Å². The molecule has 10 nitrogen and oxygen atoms in total. The first-order chi connectivity index (χ1) is 21.1. The number of carbonyl (C=O) groups excluding carboxylic acids is 3. The number of hydrogen-bond acceptors (Lipinski definition) is 7. The minimum Gasteiger partial charge on any atom is -0.352 e. The second-order valence-corrected chi connectivity index (χ2v) is 13.8. The maximum Gasteiger partial charge on any atom is 0.319 e. The van der Waals surface area contributed by atoms with Crippen LogP contribution in [0.5, 0.6) is 0 Å². The smallest absolute Gasteiger partial charge is 0.319 e. The molecule has 13 heteroatoms. The van der Waals surface area contributed by atoms with E-state index in [4.69, 9.17) is 0 Å². The van der Waals surface area contributed by atoms with Crippen molar-refractivity contribution in [3.05, 3.63) is 83.1 Å². The Morgan fingerprint density at radius 2 is 1.75 bits per heavy atom. The number of halogens is 1. The molecule has 1 aromatic heterocycles. The quantitative estimate of drug-likeness (QED) is 0.177. The number of rotatable bonds is 12. The number of nitrogens with zero attached hydrogens (tertiary/aromatic N) is 1. The van der Waals surface area contributed by atoms with Gasteiger partial charge in [0, 0.05) is 29.9 Å². The Hall–Kier alpha value is -4.36. The van der Waals surface area contributed by atoms with Crippen molar-refractivity contribution in [2.45, 2.75) is 44.0 Å². The summed E-state index contributed by atoms with van der Waals surface area (Å²) in [6.07, 6.45) is 2.05. The third kappa shape index (κ3) is 7.77. The number of amides is 4. The van der Waals surface area contributed by atoms with Crippen LogP contribution in [0.15, 0.2) is 66.7 Å². The van der Waals surface area contributed by atoms with E-state index in [0.29, 0.717) is 22.5 Å². The average Bonchev–Trinajstić information content (AvgIpc) is 3.72. The van der Waals surface area contributed by atoms with E-state index in [9.17, 15) is 22.8 Å². The normalized spacial score (nSPS) is 13.7. The fraction of sp³-hybridized carbons (Fsp3) is 0.290. The van der Waals surface area contributed by atoms with Gasteiger partial charge in [-0.3, -0.25) is 9.59 Å². The molecule has 1 atom stereocenters. The van der Waals surface area contributed by atoms with E-state index in [0.717, 1.165) is 29.7 Å². The van der Waals surface area contributed by atoms with Crippen LogP contribution in [-0.4, -0.2) is 49.6 Å². The van der Waals surface area contributed by atoms with Crippen LogP contribution in [0.4, 0.5) is 14.9 Å². The second kappa shape index (κ2) is 13.5. The van der Waals surface area contributed by atoms with Crippen LogP contribution in [0, 0.1) is 5.82 Å². The van der Waals surface area contributed by atoms with Gasteiger partial charge in [0.25, 0.3) is 0 Å². The van der Waals surface area contributed by atoms with E-state index in [1.807, 2.05) is 30.3 Å². The minimum atomic E-state index is -3.97. The molecule has 1 fully saturated rings. The second-order valence-electron chi connectivity index (χ2n) is 10.5. The first-order valence-corrected chi connectivity index (χ1v) is 16.7. The molecule has 1 aliphatic carbocycles. The number of benzene rings is 3. The van der Waals surface area contributed by atoms with Gasteiger partial charge in [-0.15, -0.1) is 11.3 Å². The largest absolute Gasteiger partial charge is 0.352 e. The molecular weight excluding hydrogens is 606 g/mol. The van der Waals surface area contributed by atoms with Gasteiger partial charge in [-0.05, 0) is 48.6 Å². The van der Waals surface area contributed by atoms with Crippen LogP contribution in [0.25, 0.3) is 21.3 Å². The average molecular weight is 638 g/mol. The first kappa shape index (κ1) is 31.1. The molecule has 4 amide bonds. The van der Waals surface area contributed by atoms with Crippen molar-refractivity contribution < 1.29 is 27.2 Å². The van der Waals surface area contributed by atoms with E-state index in [1.54, 1.807) is 37.3 Å². The van der Waals surface area contributed by atoms with E-state index in [1.165, 1.54) is 6.07 Å². The van der Waals surface area contributed by atoms with Gasteiger partial charge in [-0.2, -0.15) is 0 Å². The molecule has 5 rings (SSSR count). The Kier molecular flexibility index (Phi) is 9.55. The van der Waals surface area contributed by atoms with E-state index < -0.39 is 32.7 Å². The van der Waals surface area contributed by atoms with Crippen molar-refractivity contribution in [3.63, 3.8) is 0 Å². The van der Waals surface area contributed by atoms with Gasteiger partial charge >= 0.3 is 6.03 Å². The van der Waals surface area contributed by atoms with Crippen molar-refractivity contribution in [2.75, 3.05) is 17.6 Å². The molecule has 0 saturated heterocycles. The molecular formula is C31H32FN5O5S2. The van der Waals surface area contributed by atoms with Gasteiger partial charge in [0.15, 0.2) is 15.1 Å². The molecule has 230 valence electrons. The van der Waals surface area contributed by atoms with Crippen LogP contribution in [0.3, 0.4) is 0 Å². The maximum atomic E-state index is 15.3. The van der Waals surface area contributed by atoms with Gasteiger partial charge < -0.3 is 21.3 Å². The molecule has 4 N–H and O–H groups in total. The summed E-state index contributed by atoms with van der Waals surface area (Å²) in [5.41, 5.74) is 2.48. The molecule has 1 heterocycles. The van der Waals surface area contributed by atoms with Crippen molar-refractivity contribution >= 4 is 54.9 Å². The highest BCUT2D eigenvalue weighted by atomic mass is 32.2. The number of urea groups is 1. The topological polar surface area (TPSA) is 146 Å². The zero-order valence-electron chi connectivity index (χ0n) is 23.9. The highest BCUT2D eigenvalue weighted by Gasteiger charge is 2.37. The standard InChI is InChI=1S/C31H32FN5O5S2/c1-2-14-44(41,42)28(29(39)33-18-27(38)35-21-12-13-21)30-37-25-16-24(32)23(15-26(25)43-30)20-8-10-22(11-9-20)36-31(40)34-17-19-6-4-3-5-7-19/h3-11,15-16,21,28H,2,12-14,17-18H2,1H3,(H,33,39)(H,35,38)(H2,34,36,40). The van der Waals surface area contributed by atoms with Crippen molar-refractivity contribution in [3.8, 4) is 11.1 Å². The number of anilines is 1. The minimum absolute atomic E-state index is 0.00571. The predicted octanol–water partition coefficient (Wildman–Crippen LogP) is 4.68. The van der Waals surface area contributed by atoms with E-state index in [-0.39, 0.29) is 46.9 Å². The summed E-state index contributed by atoms with van der Waals surface area (Å²) >= 11 is 0.990. The molecule has 1 saturated carbocycles. The first-order valence-electron chi connectivity index (χ1n) is 14.2. The fourth-order valence-corrected chi connectivity index (χ4v) is 7.71. The number of hydrogen-bond donors (Lipinski definition) is 4. The number of aromatic nitrogens is 1. The molecule has 0 radical (unpaired) electrons. The summed E-state index contributed by atoms with van der Waals surface area (Å²) in [5.74, 6) is -2.07. The molecule has 0 aliphatic heterocycles. The third-order valence-corrected chi connectivity index (χ3v) is 10.3. The van der Waals surface area contributed by atoms with Gasteiger partial charge in [0.05, 0.1) is 22.5 Å². The maximum absolute atomic E-state index is 15.3. The lowest BCUT2D eigenvalue weighted by molar-refractivity contribution is -0.126. The Balaban J connectivity index is 1.32. The molecule has 0 bridgehead atoms. The number of fused-ring (bicyclic) bond motifs is 1. The number of thiazole rings is 1. The van der Waals surface area contributed by atoms with Crippen molar-refractivity contribution in [1.29, 1.82) is 0 Å². The lowest BCUT2D eigenvalue weighted by atomic mass is 10.0. The summed E-state index contributed by atoms with van der Waals surface area (Å²) in [6, 6.07) is 18.6. The zero-order chi connectivity index (χ0) is 31.3. The molecule has 4 aromatic rings. The van der Waals surface area contributed by atoms with Crippen LogP contribution in [0.2, 0.25) is 0 Å². The summed E-state index contributed by atoms with van der Waals surface area (Å²) in [5, 5.41) is 9.08. The number of carbonyl (C=O) groups is 3. The van der Waals surface area contributed by atoms with Gasteiger partial charge in [-0.25, -0.2) is 22.6 Å². The summed E-state index contributed by atoms with van der Waals surface area (Å²) in [6.45, 7) is 1.70. The SMILES string of the molecule is CCCS(=O)(=O)C(C(=O)NCC(=O)NC1CC1)c1nc2cc(F)c(-c3ccc(NC(=O)NCc4ccccc4)cc3)cc2s1. The fourth-order valence-electron chi connectivity index (χ4n) is 4.58. The third-order valence-electron chi connectivity index (χ3n) is 6.92. The number of nitrogens with one attached hydrogen (secondary N) is 4. The summed E-state index contributed by atoms with van der Waals surface area (Å²) in [7, 11) is -3.97. The van der Waals surface area contributed by atoms with E-state index >= 15 is 4.39 Å². The Morgan fingerprint density at radius 1 is 1.02 bits per heavy atom. The van der Waals surface area contributed by atoms with Crippen molar-refractivity contribution in [1.82, 2.24) is 20.9 Å². The van der Waals surface area contributed by atoms with Crippen molar-refractivity contribution in [2.24, 2.45) is 0 Å². The Morgan fingerprint density at radius 3 is 2.43 bits per heavy atom. The Labute approximate surface area is 258 Å². The Bertz CT molecular complexity index is 1770. The van der Waals surface area contributed by atoms with Crippen LogP contribution in [0.1, 0.15) is 42.0 Å². The molecule has 1 unspecified atom stereocenters. The van der Waals surface area contributed by atoms with Gasteiger partial charge in [0.1, 0.15) is 10.8 Å². The highest BCUT2D eigenvalue weighted by Crippen LogP contribution is 2.36. The molecule has 1 aliphatic rings. The summed E-state index contributed by atoms with van der Waals surface area (Å²) in [4.78, 5) is 41.8. The number of sulfone groups is 1. The highest BCUT2D eigenvalue weighted by molar-refractivity contribution is 7.92. The zero-order valence-corrected chi connectivity index (χ0v) is 25.6. The molecule has 44 heavy (non-hydrogen) atoms. The monoisotopic (exact) mass is 637 g/mol. The van der Waals surface area contributed by atoms with Crippen LogP contribution in [-0.2, 0) is 26.0 Å². The predicted molar refractivity (Wildman–Crippen MR) is 168 cm³/mol. The van der Waals surface area contributed by atoms with Gasteiger partial charge in [-0.1, -0.05) is 49.4 Å². The molecule has 0 spiro atoms. The molecule has 3 aromatic carbocycles. The lowest BCUT2D eigenvalue weighted by Crippen LogP contribution is -2.41. The van der Waals surface area contributed by atoms with Gasteiger partial charge in [0.2, 0.25) is 11.8 Å². The van der Waals surface area contributed by atoms with Crippen LogP contribution < -0.4 is 21.3 Å². The van der Waals surface area contributed by atoms with E-state index in [2.05, 4.69) is 26.3 Å². The lowest BCUT2D eigenvalue weighted by Gasteiger charge is -2.15.